The first-order valence-electron chi connectivity index (χ1n) is 27.2. The van der Waals surface area contributed by atoms with E-state index in [2.05, 4.69) is 106 Å². The lowest BCUT2D eigenvalue weighted by molar-refractivity contribution is 0.489. The highest BCUT2D eigenvalue weighted by molar-refractivity contribution is 6.07. The zero-order valence-corrected chi connectivity index (χ0v) is 51.7. The minimum atomic E-state index is 0. The average molecular weight is 1020 g/mol. The van der Waals surface area contributed by atoms with Crippen LogP contribution in [0.4, 0.5) is 0 Å². The van der Waals surface area contributed by atoms with Crippen molar-refractivity contribution in [2.24, 2.45) is 14.1 Å². The molecular formula is C64H111N9O. The van der Waals surface area contributed by atoms with Gasteiger partial charge in [-0.3, -0.25) is 4.98 Å². The fraction of sp³-hybridized carbons (Fsp3) is 0.453. The Kier molecular flexibility index (Phi) is 73.4. The van der Waals surface area contributed by atoms with Crippen molar-refractivity contribution < 1.29 is 4.42 Å². The maximum absolute atomic E-state index is 4.86. The van der Waals surface area contributed by atoms with E-state index in [4.69, 9.17) is 4.42 Å². The molecule has 0 spiro atoms. The van der Waals surface area contributed by atoms with Crippen LogP contribution < -0.4 is 0 Å². The van der Waals surface area contributed by atoms with Gasteiger partial charge in [0.2, 0.25) is 11.8 Å². The molecule has 10 nitrogen and oxygen atoms in total. The second-order valence-electron chi connectivity index (χ2n) is 11.8. The molecular weight excluding hydrogens is 911 g/mol. The Morgan fingerprint density at radius 3 is 0.865 bits per heavy atom. The first-order valence-corrected chi connectivity index (χ1v) is 27.2. The van der Waals surface area contributed by atoms with Crippen molar-refractivity contribution >= 4 is 32.8 Å². The summed E-state index contributed by atoms with van der Waals surface area (Å²) in [6, 6.07) is 42.9. The standard InChI is InChI=1S/C13H11N.C9H10N2.C6H9N3.C6H6.C5H5N.C4H6N2O.10C2H6.CH4/c1-14-12-8-4-2-6-10(12)11-7-3-5-9-13(11)14;1-7-10-8-5-3-4-6-9(8)11(7)2;1-4-7-5(2)9-6(3)8-4;2*1-2-4-6-5-3-1;1-3-5-6-4(2)7-3;10*1-2;/h2-9H,1H3;3-6H,1-2H3;1-3H3;1-6H;1-5H;1-2H3;10*1-2H3;1H4. The maximum Gasteiger partial charge on any atom is 0.213 e. The normalized spacial score (nSPS) is 7.89. The van der Waals surface area contributed by atoms with E-state index in [1.165, 1.54) is 27.3 Å². The van der Waals surface area contributed by atoms with Crippen molar-refractivity contribution in [2.45, 2.75) is 187 Å². The molecule has 0 N–H and O–H groups in total. The predicted molar refractivity (Wildman–Crippen MR) is 335 cm³/mol. The van der Waals surface area contributed by atoms with Crippen LogP contribution in [0.2, 0.25) is 0 Å². The Balaban J connectivity index is -0.000000112. The number of rotatable bonds is 0. The lowest BCUT2D eigenvalue weighted by Gasteiger charge is -1.95. The van der Waals surface area contributed by atoms with E-state index in [-0.39, 0.29) is 7.43 Å². The molecule has 0 fully saturated rings. The molecule has 9 rings (SSSR count). The number of imidazole rings is 1. The van der Waals surface area contributed by atoms with Gasteiger partial charge in [-0.2, -0.15) is 0 Å². The molecule has 0 saturated heterocycles. The minimum absolute atomic E-state index is 0. The van der Waals surface area contributed by atoms with Gasteiger partial charge in [-0.25, -0.2) is 19.9 Å². The van der Waals surface area contributed by atoms with Gasteiger partial charge in [0, 0.05) is 62.1 Å². The number of hydrogen-bond acceptors (Lipinski definition) is 8. The van der Waals surface area contributed by atoms with Crippen LogP contribution in [-0.4, -0.2) is 44.3 Å². The number of fused-ring (bicyclic) bond motifs is 4. The summed E-state index contributed by atoms with van der Waals surface area (Å²) < 4.78 is 9.19. The van der Waals surface area contributed by atoms with Crippen molar-refractivity contribution in [3.8, 4) is 0 Å². The number of benzene rings is 4. The van der Waals surface area contributed by atoms with Crippen LogP contribution in [-0.2, 0) is 14.1 Å². The number of para-hydroxylation sites is 4. The van der Waals surface area contributed by atoms with E-state index in [1.807, 2.05) is 246 Å². The van der Waals surface area contributed by atoms with Gasteiger partial charge in [-0.05, 0) is 64.1 Å². The van der Waals surface area contributed by atoms with Crippen LogP contribution >= 0.6 is 0 Å². The van der Waals surface area contributed by atoms with Gasteiger partial charge in [-0.15, -0.1) is 10.2 Å². The van der Waals surface area contributed by atoms with Gasteiger partial charge in [0.1, 0.15) is 23.3 Å². The van der Waals surface area contributed by atoms with Gasteiger partial charge in [0.05, 0.1) is 11.0 Å². The first kappa shape index (κ1) is 84.3. The lowest BCUT2D eigenvalue weighted by atomic mass is 10.2. The highest BCUT2D eigenvalue weighted by Gasteiger charge is 2.05. The molecule has 418 valence electrons. The fourth-order valence-corrected chi connectivity index (χ4v) is 5.25. The second kappa shape index (κ2) is 64.5. The number of nitrogens with zero attached hydrogens (tertiary/aromatic N) is 9. The first-order chi connectivity index (χ1) is 35.6. The Morgan fingerprint density at radius 1 is 0.324 bits per heavy atom. The van der Waals surface area contributed by atoms with E-state index in [9.17, 15) is 0 Å². The number of pyridine rings is 1. The van der Waals surface area contributed by atoms with Crippen LogP contribution in [0.1, 0.15) is 181 Å². The summed E-state index contributed by atoms with van der Waals surface area (Å²) in [5.74, 6) is 4.68. The summed E-state index contributed by atoms with van der Waals surface area (Å²) in [7, 11) is 4.15. The largest absolute Gasteiger partial charge is 0.426 e. The molecule has 9 aromatic rings. The maximum atomic E-state index is 4.86. The predicted octanol–water partition coefficient (Wildman–Crippen LogP) is 20.4. The van der Waals surface area contributed by atoms with E-state index in [0.29, 0.717) is 11.8 Å². The van der Waals surface area contributed by atoms with Crippen molar-refractivity contribution in [3.05, 3.63) is 175 Å². The lowest BCUT2D eigenvalue weighted by Crippen LogP contribution is -1.97. The number of aryl methyl sites for hydroxylation is 8. The SMILES string of the molecule is C.CC.CC.CC.CC.CC.CC.CC.CC.CC.CC.Cc1nc(C)nc(C)n1.Cc1nc2ccccc2n1C.Cc1nnc(C)o1.Cn1c2ccccc2c2ccccc21.c1ccccc1.c1ccncc1. The monoisotopic (exact) mass is 1020 g/mol. The van der Waals surface area contributed by atoms with Gasteiger partial charge in [0.25, 0.3) is 0 Å². The molecule has 4 aromatic carbocycles. The molecule has 74 heavy (non-hydrogen) atoms. The quantitative estimate of drug-likeness (QED) is 0.148. The molecule has 0 bridgehead atoms. The molecule has 5 aromatic heterocycles. The zero-order chi connectivity index (χ0) is 58.0. The van der Waals surface area contributed by atoms with Gasteiger partial charge >= 0.3 is 0 Å². The van der Waals surface area contributed by atoms with Crippen molar-refractivity contribution in [1.29, 1.82) is 0 Å². The van der Waals surface area contributed by atoms with Gasteiger partial charge < -0.3 is 13.6 Å². The van der Waals surface area contributed by atoms with Crippen LogP contribution in [0.3, 0.4) is 0 Å². The third kappa shape index (κ3) is 39.0. The van der Waals surface area contributed by atoms with E-state index < -0.39 is 0 Å². The Bertz CT molecular complexity index is 2200. The van der Waals surface area contributed by atoms with Crippen LogP contribution in [0.5, 0.6) is 0 Å². The van der Waals surface area contributed by atoms with Gasteiger partial charge in [-0.1, -0.05) is 237 Å². The third-order valence-electron chi connectivity index (χ3n) is 7.66. The summed E-state index contributed by atoms with van der Waals surface area (Å²) in [5.41, 5.74) is 4.87. The molecule has 0 amide bonds. The highest BCUT2D eigenvalue weighted by Crippen LogP contribution is 2.27. The van der Waals surface area contributed by atoms with Crippen molar-refractivity contribution in [1.82, 2.24) is 44.3 Å². The summed E-state index contributed by atoms with van der Waals surface area (Å²) in [6.07, 6.45) is 3.50. The minimum Gasteiger partial charge on any atom is -0.426 e. The Labute approximate surface area is 456 Å². The molecule has 0 saturated carbocycles. The number of hydrogen-bond donors (Lipinski definition) is 0. The summed E-state index contributed by atoms with van der Waals surface area (Å²) in [4.78, 5) is 20.2. The zero-order valence-electron chi connectivity index (χ0n) is 51.7. The molecule has 0 aliphatic heterocycles. The third-order valence-corrected chi connectivity index (χ3v) is 7.66. The van der Waals surface area contributed by atoms with E-state index in [0.717, 1.165) is 28.8 Å². The van der Waals surface area contributed by atoms with Crippen LogP contribution in [0, 0.1) is 41.5 Å². The van der Waals surface area contributed by atoms with Gasteiger partial charge in [0.15, 0.2) is 0 Å². The topological polar surface area (TPSA) is 113 Å². The summed E-state index contributed by atoms with van der Waals surface area (Å²) in [5, 5.41) is 9.88. The molecule has 0 aliphatic rings. The van der Waals surface area contributed by atoms with Crippen LogP contribution in [0.25, 0.3) is 32.8 Å². The highest BCUT2D eigenvalue weighted by atomic mass is 16.4. The van der Waals surface area contributed by atoms with E-state index >= 15 is 0 Å². The summed E-state index contributed by atoms with van der Waals surface area (Å²) in [6.45, 7) is 51.1. The molecule has 0 aliphatic carbocycles. The Hall–Kier alpha value is -6.55. The van der Waals surface area contributed by atoms with Crippen molar-refractivity contribution in [2.75, 3.05) is 0 Å². The van der Waals surface area contributed by atoms with E-state index in [1.54, 1.807) is 26.2 Å². The summed E-state index contributed by atoms with van der Waals surface area (Å²) >= 11 is 0. The fourth-order valence-electron chi connectivity index (χ4n) is 5.25. The molecule has 5 heterocycles. The van der Waals surface area contributed by atoms with Crippen molar-refractivity contribution in [3.63, 3.8) is 0 Å². The molecule has 0 unspecified atom stereocenters. The molecule has 0 radical (unpaired) electrons. The molecule has 10 heteroatoms. The molecule has 0 atom stereocenters. The average Bonchev–Trinajstić information content (AvgIpc) is 4.12. The Morgan fingerprint density at radius 2 is 0.608 bits per heavy atom. The second-order valence-corrected chi connectivity index (χ2v) is 11.8. The smallest absolute Gasteiger partial charge is 0.213 e. The number of aromatic nitrogens is 9. The van der Waals surface area contributed by atoms with Crippen LogP contribution in [0.15, 0.2) is 144 Å².